The minimum absolute atomic E-state index is 0.0752. The summed E-state index contributed by atoms with van der Waals surface area (Å²) in [5, 5.41) is 2.86. The lowest BCUT2D eigenvalue weighted by atomic mass is 10.1. The Morgan fingerprint density at radius 2 is 1.62 bits per heavy atom. The molecule has 0 aliphatic heterocycles. The second-order valence-electron chi connectivity index (χ2n) is 5.80. The fourth-order valence-corrected chi connectivity index (χ4v) is 2.40. The highest BCUT2D eigenvalue weighted by atomic mass is 16.5. The summed E-state index contributed by atoms with van der Waals surface area (Å²) in [5.41, 5.74) is 2.96. The van der Waals surface area contributed by atoms with E-state index in [1.54, 1.807) is 12.1 Å². The Hall–Kier alpha value is -2.49. The van der Waals surface area contributed by atoms with Crippen molar-refractivity contribution in [1.29, 1.82) is 0 Å². The molecule has 0 spiro atoms. The van der Waals surface area contributed by atoms with Crippen LogP contribution in [-0.2, 0) is 0 Å². The first-order valence-electron chi connectivity index (χ1n) is 8.30. The van der Waals surface area contributed by atoms with Crippen molar-refractivity contribution in [2.24, 2.45) is 0 Å². The van der Waals surface area contributed by atoms with Crippen LogP contribution in [0.5, 0.6) is 11.5 Å². The summed E-state index contributed by atoms with van der Waals surface area (Å²) in [4.78, 5) is 11.9. The molecular formula is C20H25NO3. The highest BCUT2D eigenvalue weighted by Gasteiger charge is 2.05. The Kier molecular flexibility index (Phi) is 6.67. The quantitative estimate of drug-likeness (QED) is 0.748. The van der Waals surface area contributed by atoms with Crippen LogP contribution >= 0.6 is 0 Å². The molecule has 2 aromatic carbocycles. The molecule has 128 valence electrons. The molecule has 2 rings (SSSR count). The average Bonchev–Trinajstić information content (AvgIpc) is 2.56. The van der Waals surface area contributed by atoms with Gasteiger partial charge in [-0.1, -0.05) is 19.1 Å². The van der Waals surface area contributed by atoms with E-state index in [0.717, 1.165) is 12.2 Å². The van der Waals surface area contributed by atoms with Crippen LogP contribution in [0.15, 0.2) is 42.5 Å². The summed E-state index contributed by atoms with van der Waals surface area (Å²) in [6.45, 7) is 7.67. The fraction of sp³-hybridized carbons (Fsp3) is 0.350. The predicted molar refractivity (Wildman–Crippen MR) is 96.0 cm³/mol. The van der Waals surface area contributed by atoms with Gasteiger partial charge in [0.1, 0.15) is 24.7 Å². The summed E-state index contributed by atoms with van der Waals surface area (Å²) < 4.78 is 11.4. The molecule has 4 nitrogen and oxygen atoms in total. The normalized spacial score (nSPS) is 10.3. The summed E-state index contributed by atoms with van der Waals surface area (Å²) in [7, 11) is 0. The third-order valence-corrected chi connectivity index (χ3v) is 3.45. The Morgan fingerprint density at radius 1 is 0.958 bits per heavy atom. The van der Waals surface area contributed by atoms with Crippen LogP contribution in [0.2, 0.25) is 0 Å². The molecule has 0 saturated heterocycles. The summed E-state index contributed by atoms with van der Waals surface area (Å²) in [5.74, 6) is 1.45. The second-order valence-corrected chi connectivity index (χ2v) is 5.80. The van der Waals surface area contributed by atoms with Gasteiger partial charge in [0.15, 0.2) is 0 Å². The van der Waals surface area contributed by atoms with Crippen LogP contribution in [0, 0.1) is 13.8 Å². The van der Waals surface area contributed by atoms with E-state index in [2.05, 4.69) is 11.4 Å². The van der Waals surface area contributed by atoms with Gasteiger partial charge in [-0.3, -0.25) is 4.79 Å². The van der Waals surface area contributed by atoms with Crippen molar-refractivity contribution in [3.8, 4) is 11.5 Å². The monoisotopic (exact) mass is 327 g/mol. The van der Waals surface area contributed by atoms with Crippen molar-refractivity contribution in [3.63, 3.8) is 0 Å². The number of hydrogen-bond acceptors (Lipinski definition) is 3. The van der Waals surface area contributed by atoms with Gasteiger partial charge in [0.05, 0.1) is 0 Å². The molecule has 0 radical (unpaired) electrons. The number of carbonyl (C=O) groups excluding carboxylic acids is 1. The molecule has 1 amide bonds. The van der Waals surface area contributed by atoms with E-state index in [9.17, 15) is 4.79 Å². The molecule has 0 unspecified atom stereocenters. The molecule has 0 saturated carbocycles. The van der Waals surface area contributed by atoms with Crippen molar-refractivity contribution >= 4 is 5.91 Å². The van der Waals surface area contributed by atoms with Gasteiger partial charge in [-0.05, 0) is 61.7 Å². The van der Waals surface area contributed by atoms with Gasteiger partial charge in [0.2, 0.25) is 0 Å². The zero-order valence-electron chi connectivity index (χ0n) is 14.6. The summed E-state index contributed by atoms with van der Waals surface area (Å²) in [6, 6.07) is 13.3. The molecule has 0 aliphatic rings. The van der Waals surface area contributed by atoms with Crippen LogP contribution in [0.25, 0.3) is 0 Å². The topological polar surface area (TPSA) is 47.6 Å². The SMILES string of the molecule is CCCNC(=O)c1cccc(OCCOc2cc(C)cc(C)c2)c1. The molecule has 2 aromatic rings. The third-order valence-electron chi connectivity index (χ3n) is 3.45. The lowest BCUT2D eigenvalue weighted by Crippen LogP contribution is -2.23. The predicted octanol–water partition coefficient (Wildman–Crippen LogP) is 3.90. The van der Waals surface area contributed by atoms with Crippen molar-refractivity contribution in [2.45, 2.75) is 27.2 Å². The van der Waals surface area contributed by atoms with Gasteiger partial charge < -0.3 is 14.8 Å². The molecule has 1 N–H and O–H groups in total. The minimum atomic E-state index is -0.0752. The summed E-state index contributed by atoms with van der Waals surface area (Å²) >= 11 is 0. The maximum atomic E-state index is 11.9. The minimum Gasteiger partial charge on any atom is -0.490 e. The molecule has 0 bridgehead atoms. The van der Waals surface area contributed by atoms with E-state index < -0.39 is 0 Å². The number of benzene rings is 2. The number of amides is 1. The molecule has 0 heterocycles. The number of carbonyl (C=O) groups is 1. The zero-order valence-corrected chi connectivity index (χ0v) is 14.6. The summed E-state index contributed by atoms with van der Waals surface area (Å²) in [6.07, 6.45) is 0.914. The average molecular weight is 327 g/mol. The third kappa shape index (κ3) is 5.61. The van der Waals surface area contributed by atoms with Gasteiger partial charge in [-0.2, -0.15) is 0 Å². The number of aryl methyl sites for hydroxylation is 2. The van der Waals surface area contributed by atoms with E-state index in [-0.39, 0.29) is 5.91 Å². The van der Waals surface area contributed by atoms with Gasteiger partial charge in [-0.15, -0.1) is 0 Å². The van der Waals surface area contributed by atoms with Crippen molar-refractivity contribution in [3.05, 3.63) is 59.2 Å². The first-order valence-corrected chi connectivity index (χ1v) is 8.30. The first kappa shape index (κ1) is 17.9. The molecule has 0 fully saturated rings. The maximum Gasteiger partial charge on any atom is 0.251 e. The molecular weight excluding hydrogens is 302 g/mol. The van der Waals surface area contributed by atoms with Crippen molar-refractivity contribution in [1.82, 2.24) is 5.32 Å². The smallest absolute Gasteiger partial charge is 0.251 e. The standard InChI is InChI=1S/C20H25NO3/c1-4-8-21-20(22)17-6-5-7-18(14-17)23-9-10-24-19-12-15(2)11-16(3)13-19/h5-7,11-14H,4,8-10H2,1-3H3,(H,21,22). The Balaban J connectivity index is 1.82. The molecule has 4 heteroatoms. The first-order chi connectivity index (χ1) is 11.6. The van der Waals surface area contributed by atoms with E-state index in [4.69, 9.17) is 9.47 Å². The van der Waals surface area contributed by atoms with E-state index in [1.807, 2.05) is 45.0 Å². The lowest BCUT2D eigenvalue weighted by Gasteiger charge is -2.10. The van der Waals surface area contributed by atoms with Gasteiger partial charge >= 0.3 is 0 Å². The lowest BCUT2D eigenvalue weighted by molar-refractivity contribution is 0.0953. The van der Waals surface area contributed by atoms with Crippen LogP contribution in [0.1, 0.15) is 34.8 Å². The van der Waals surface area contributed by atoms with Crippen LogP contribution in [0.4, 0.5) is 0 Å². The Labute approximate surface area is 143 Å². The van der Waals surface area contributed by atoms with Crippen molar-refractivity contribution in [2.75, 3.05) is 19.8 Å². The second kappa shape index (κ2) is 8.96. The van der Waals surface area contributed by atoms with Gasteiger partial charge in [0, 0.05) is 12.1 Å². The molecule has 0 atom stereocenters. The van der Waals surface area contributed by atoms with Gasteiger partial charge in [0.25, 0.3) is 5.91 Å². The van der Waals surface area contributed by atoms with Crippen LogP contribution < -0.4 is 14.8 Å². The number of rotatable bonds is 8. The number of hydrogen-bond donors (Lipinski definition) is 1. The highest BCUT2D eigenvalue weighted by molar-refractivity contribution is 5.94. The maximum absolute atomic E-state index is 11.9. The largest absolute Gasteiger partial charge is 0.490 e. The highest BCUT2D eigenvalue weighted by Crippen LogP contribution is 2.17. The van der Waals surface area contributed by atoms with E-state index in [0.29, 0.717) is 31.1 Å². The molecule has 0 aromatic heterocycles. The van der Waals surface area contributed by atoms with E-state index in [1.165, 1.54) is 11.1 Å². The zero-order chi connectivity index (χ0) is 17.4. The number of ether oxygens (including phenoxy) is 2. The number of nitrogens with one attached hydrogen (secondary N) is 1. The molecule has 0 aliphatic carbocycles. The van der Waals surface area contributed by atoms with Crippen LogP contribution in [0.3, 0.4) is 0 Å². The van der Waals surface area contributed by atoms with Gasteiger partial charge in [-0.25, -0.2) is 0 Å². The fourth-order valence-electron chi connectivity index (χ4n) is 2.40. The van der Waals surface area contributed by atoms with Crippen LogP contribution in [-0.4, -0.2) is 25.7 Å². The Morgan fingerprint density at radius 3 is 2.29 bits per heavy atom. The van der Waals surface area contributed by atoms with Crippen molar-refractivity contribution < 1.29 is 14.3 Å². The molecule has 24 heavy (non-hydrogen) atoms. The Bertz CT molecular complexity index is 662. The van der Waals surface area contributed by atoms with E-state index >= 15 is 0 Å².